The topological polar surface area (TPSA) is 3.88 Å². The number of aromatic nitrogens is 1. The summed E-state index contributed by atoms with van der Waals surface area (Å²) in [6.07, 6.45) is 2.10. The summed E-state index contributed by atoms with van der Waals surface area (Å²) in [6, 6.07) is 18.5. The summed E-state index contributed by atoms with van der Waals surface area (Å²) >= 11 is 1.56. The number of rotatable bonds is 1. The van der Waals surface area contributed by atoms with Crippen LogP contribution in [0.1, 0.15) is 31.9 Å². The number of halogens is 1. The summed E-state index contributed by atoms with van der Waals surface area (Å²) in [5, 5.41) is 4.70. The van der Waals surface area contributed by atoms with Crippen LogP contribution < -0.4 is 4.57 Å². The average molecular weight is 415 g/mol. The molecule has 0 amide bonds. The van der Waals surface area contributed by atoms with Crippen LogP contribution in [0.4, 0.5) is 4.39 Å². The fourth-order valence-corrected chi connectivity index (χ4v) is 5.86. The highest BCUT2D eigenvalue weighted by molar-refractivity contribution is 7.26. The molecule has 0 saturated heterocycles. The zero-order chi connectivity index (χ0) is 21.2. The van der Waals surface area contributed by atoms with Crippen molar-refractivity contribution in [3.63, 3.8) is 0 Å². The number of nitrogens with zero attached hydrogens (tertiary/aromatic N) is 1. The Morgan fingerprint density at radius 2 is 1.50 bits per heavy atom. The van der Waals surface area contributed by atoms with E-state index in [0.717, 1.165) is 25.9 Å². The van der Waals surface area contributed by atoms with E-state index in [-0.39, 0.29) is 11.2 Å². The van der Waals surface area contributed by atoms with Gasteiger partial charge in [0.2, 0.25) is 5.69 Å². The second-order valence-corrected chi connectivity index (χ2v) is 10.1. The largest absolute Gasteiger partial charge is 0.230 e. The summed E-state index contributed by atoms with van der Waals surface area (Å²) in [6.45, 7) is 9.01. The fraction of sp³-hybridized carbons (Fsp3) is 0.222. The van der Waals surface area contributed by atoms with Crippen LogP contribution in [0.15, 0.2) is 60.8 Å². The first-order valence-electron chi connectivity index (χ1n) is 10.3. The first kappa shape index (κ1) is 19.2. The van der Waals surface area contributed by atoms with Crippen LogP contribution in [0.2, 0.25) is 0 Å². The molecule has 0 aliphatic rings. The van der Waals surface area contributed by atoms with E-state index in [9.17, 15) is 4.39 Å². The first-order chi connectivity index (χ1) is 14.3. The molecule has 3 aromatic carbocycles. The quantitative estimate of drug-likeness (QED) is 0.251. The Hall–Kier alpha value is -2.78. The zero-order valence-electron chi connectivity index (χ0n) is 18.0. The van der Waals surface area contributed by atoms with E-state index in [4.69, 9.17) is 0 Å². The van der Waals surface area contributed by atoms with Gasteiger partial charge in [0.1, 0.15) is 17.6 Å². The van der Waals surface area contributed by atoms with Crippen molar-refractivity contribution in [2.45, 2.75) is 33.1 Å². The van der Waals surface area contributed by atoms with Gasteiger partial charge in [0.25, 0.3) is 0 Å². The van der Waals surface area contributed by atoms with Gasteiger partial charge in [-0.1, -0.05) is 57.2 Å². The Morgan fingerprint density at radius 1 is 0.833 bits per heavy atom. The van der Waals surface area contributed by atoms with E-state index in [0.29, 0.717) is 0 Å². The van der Waals surface area contributed by atoms with Crippen molar-refractivity contribution in [1.29, 1.82) is 0 Å². The predicted molar refractivity (Wildman–Crippen MR) is 127 cm³/mol. The molecule has 1 nitrogen and oxygen atoms in total. The highest BCUT2D eigenvalue weighted by Crippen LogP contribution is 2.42. The Morgan fingerprint density at radius 3 is 2.23 bits per heavy atom. The van der Waals surface area contributed by atoms with Crippen LogP contribution in [0.3, 0.4) is 0 Å². The number of hydrogen-bond acceptors (Lipinski definition) is 1. The molecule has 0 aliphatic heterocycles. The molecule has 2 aromatic heterocycles. The molecule has 0 spiro atoms. The van der Waals surface area contributed by atoms with Gasteiger partial charge in [-0.25, -0.2) is 4.39 Å². The van der Waals surface area contributed by atoms with Crippen molar-refractivity contribution in [2.75, 3.05) is 0 Å². The van der Waals surface area contributed by atoms with E-state index in [1.165, 1.54) is 27.5 Å². The molecule has 0 aliphatic carbocycles. The van der Waals surface area contributed by atoms with Crippen LogP contribution in [-0.2, 0) is 12.5 Å². The van der Waals surface area contributed by atoms with Crippen LogP contribution in [-0.4, -0.2) is 0 Å². The zero-order valence-corrected chi connectivity index (χ0v) is 18.8. The van der Waals surface area contributed by atoms with Crippen molar-refractivity contribution in [2.24, 2.45) is 7.05 Å². The van der Waals surface area contributed by atoms with Crippen LogP contribution in [0.5, 0.6) is 0 Å². The lowest BCUT2D eigenvalue weighted by atomic mass is 9.80. The maximum absolute atomic E-state index is 14.6. The van der Waals surface area contributed by atoms with Crippen molar-refractivity contribution < 1.29 is 8.96 Å². The highest BCUT2D eigenvalue weighted by Gasteiger charge is 2.26. The molecule has 150 valence electrons. The molecule has 0 bridgehead atoms. The SMILES string of the molecule is Cc1c(-c2c3sc4c(F)cccc4c3cc[n+]2C)cc(C(C)(C)C)c2ccccc12. The first-order valence-corrected chi connectivity index (χ1v) is 11.1. The molecule has 2 heterocycles. The Bertz CT molecular complexity index is 1450. The second-order valence-electron chi connectivity index (χ2n) is 9.13. The Kier molecular flexibility index (Phi) is 4.23. The molecule has 3 heteroatoms. The molecule has 0 N–H and O–H groups in total. The van der Waals surface area contributed by atoms with Crippen molar-refractivity contribution in [3.8, 4) is 11.3 Å². The maximum atomic E-state index is 14.6. The number of thiophene rings is 1. The molecule has 30 heavy (non-hydrogen) atoms. The summed E-state index contributed by atoms with van der Waals surface area (Å²) in [7, 11) is 2.08. The summed E-state index contributed by atoms with van der Waals surface area (Å²) in [4.78, 5) is 0. The van der Waals surface area contributed by atoms with E-state index in [1.54, 1.807) is 23.5 Å². The van der Waals surface area contributed by atoms with Crippen LogP contribution in [0.25, 0.3) is 42.2 Å². The lowest BCUT2D eigenvalue weighted by Crippen LogP contribution is -2.30. The third-order valence-electron chi connectivity index (χ3n) is 6.12. The molecule has 0 fully saturated rings. The van der Waals surface area contributed by atoms with E-state index in [1.807, 2.05) is 6.07 Å². The minimum atomic E-state index is -0.145. The third kappa shape index (κ3) is 2.76. The molecule has 0 radical (unpaired) electrons. The second kappa shape index (κ2) is 6.61. The van der Waals surface area contributed by atoms with E-state index >= 15 is 0 Å². The number of benzene rings is 3. The van der Waals surface area contributed by atoms with Crippen LogP contribution in [0, 0.1) is 12.7 Å². The van der Waals surface area contributed by atoms with Gasteiger partial charge >= 0.3 is 0 Å². The molecular weight excluding hydrogens is 389 g/mol. The molecule has 0 atom stereocenters. The minimum Gasteiger partial charge on any atom is -0.205 e. The summed E-state index contributed by atoms with van der Waals surface area (Å²) in [5.41, 5.74) is 4.99. The average Bonchev–Trinajstić information content (AvgIpc) is 3.08. The third-order valence-corrected chi connectivity index (χ3v) is 7.35. The smallest absolute Gasteiger partial charge is 0.205 e. The van der Waals surface area contributed by atoms with Crippen molar-refractivity contribution >= 4 is 42.3 Å². The van der Waals surface area contributed by atoms with Gasteiger partial charge in [-0.05, 0) is 46.4 Å². The number of hydrogen-bond donors (Lipinski definition) is 0. The summed E-state index contributed by atoms with van der Waals surface area (Å²) < 4.78 is 18.6. The van der Waals surface area contributed by atoms with E-state index in [2.05, 4.69) is 81.9 Å². The lowest BCUT2D eigenvalue weighted by Gasteiger charge is -2.24. The van der Waals surface area contributed by atoms with Gasteiger partial charge in [-0.15, -0.1) is 11.3 Å². The standard InChI is InChI=1S/C27H25FNS/c1-16-17-9-6-7-10-18(17)22(27(2,3)4)15-21(16)24-26-20(13-14-29(24)5)19-11-8-12-23(28)25(19)30-26/h6-15H,1-5H3/q+1. The Balaban J connectivity index is 1.96. The molecule has 0 saturated carbocycles. The van der Waals surface area contributed by atoms with Crippen LogP contribution >= 0.6 is 11.3 Å². The van der Waals surface area contributed by atoms with Gasteiger partial charge in [-0.2, -0.15) is 4.57 Å². The molecule has 5 aromatic rings. The van der Waals surface area contributed by atoms with Gasteiger partial charge in [-0.3, -0.25) is 0 Å². The Labute approximate surface area is 180 Å². The highest BCUT2D eigenvalue weighted by atomic mass is 32.1. The van der Waals surface area contributed by atoms with Gasteiger partial charge < -0.3 is 0 Å². The number of fused-ring (bicyclic) bond motifs is 4. The van der Waals surface area contributed by atoms with Crippen molar-refractivity contribution in [1.82, 2.24) is 0 Å². The minimum absolute atomic E-state index is 0.0147. The molecular formula is C27H25FNS+. The monoisotopic (exact) mass is 414 g/mol. The van der Waals surface area contributed by atoms with Gasteiger partial charge in [0, 0.05) is 16.8 Å². The van der Waals surface area contributed by atoms with Crippen molar-refractivity contribution in [3.05, 3.63) is 77.7 Å². The molecule has 0 unspecified atom stereocenters. The molecule has 5 rings (SSSR count). The lowest BCUT2D eigenvalue weighted by molar-refractivity contribution is -0.659. The van der Waals surface area contributed by atoms with Gasteiger partial charge in [0.05, 0.1) is 10.3 Å². The maximum Gasteiger partial charge on any atom is 0.230 e. The fourth-order valence-electron chi connectivity index (χ4n) is 4.57. The summed E-state index contributed by atoms with van der Waals surface area (Å²) in [5.74, 6) is -0.145. The number of pyridine rings is 1. The van der Waals surface area contributed by atoms with E-state index < -0.39 is 0 Å². The van der Waals surface area contributed by atoms with Gasteiger partial charge in [0.15, 0.2) is 6.20 Å². The normalized spacial score (nSPS) is 12.3. The number of aryl methyl sites for hydroxylation is 2. The predicted octanol–water partition coefficient (Wildman–Crippen LogP) is 7.44.